The molecular formula is C47H46N2O2. The molecule has 0 amide bonds. The van der Waals surface area contributed by atoms with Crippen LogP contribution in [0.3, 0.4) is 0 Å². The average molecular weight is 671 g/mol. The number of hydrogen-bond acceptors (Lipinski definition) is 4. The first-order chi connectivity index (χ1) is 24.3. The minimum atomic E-state index is -0.226. The van der Waals surface area contributed by atoms with Gasteiger partial charge in [-0.25, -0.2) is 4.98 Å². The van der Waals surface area contributed by atoms with Crippen molar-refractivity contribution >= 4 is 33.8 Å². The van der Waals surface area contributed by atoms with Crippen molar-refractivity contribution in [2.75, 3.05) is 0 Å². The predicted molar refractivity (Wildman–Crippen MR) is 215 cm³/mol. The van der Waals surface area contributed by atoms with Crippen LogP contribution in [0.5, 0.6) is 5.75 Å². The van der Waals surface area contributed by atoms with Crippen molar-refractivity contribution in [2.24, 2.45) is 4.99 Å². The quantitative estimate of drug-likeness (QED) is 0.179. The van der Waals surface area contributed by atoms with Crippen LogP contribution in [-0.2, 0) is 10.8 Å². The summed E-state index contributed by atoms with van der Waals surface area (Å²) in [6.07, 6.45) is 1.76. The zero-order chi connectivity index (χ0) is 36.1. The molecule has 0 aliphatic rings. The second kappa shape index (κ2) is 13.0. The van der Waals surface area contributed by atoms with Gasteiger partial charge in [0.2, 0.25) is 5.89 Å². The van der Waals surface area contributed by atoms with Crippen LogP contribution in [-0.4, -0.2) is 16.3 Å². The Morgan fingerprint density at radius 2 is 1.31 bits per heavy atom. The Kier molecular flexibility index (Phi) is 8.67. The van der Waals surface area contributed by atoms with Crippen molar-refractivity contribution in [3.8, 4) is 39.5 Å². The highest BCUT2D eigenvalue weighted by molar-refractivity contribution is 5.97. The lowest BCUT2D eigenvalue weighted by atomic mass is 9.79. The van der Waals surface area contributed by atoms with Gasteiger partial charge in [0.15, 0.2) is 5.58 Å². The fourth-order valence-corrected chi connectivity index (χ4v) is 6.62. The number of phenolic OH excluding ortho intramolecular Hbond substituents is 1. The van der Waals surface area contributed by atoms with Crippen LogP contribution in [0.2, 0.25) is 0 Å². The summed E-state index contributed by atoms with van der Waals surface area (Å²) in [5.41, 5.74) is 11.3. The van der Waals surface area contributed by atoms with Crippen LogP contribution in [0.15, 0.2) is 125 Å². The zero-order valence-electron chi connectivity index (χ0n) is 30.9. The molecule has 1 aromatic heterocycles. The van der Waals surface area contributed by atoms with Crippen molar-refractivity contribution in [1.82, 2.24) is 4.98 Å². The van der Waals surface area contributed by atoms with Crippen LogP contribution in [0.4, 0.5) is 5.69 Å². The molecule has 0 aliphatic carbocycles. The van der Waals surface area contributed by atoms with E-state index in [0.717, 1.165) is 33.3 Å². The number of oxazole rings is 1. The van der Waals surface area contributed by atoms with E-state index >= 15 is 0 Å². The number of phenols is 1. The molecule has 7 aromatic rings. The molecule has 0 spiro atoms. The SMILES string of the molecule is CC(C)c1ccc(-c2ccc3cc(-c4cccc5oc(-c6ccccc6N=Cc6cc(C(C)(C)C)cc(C(C)(C)C)c6O)nc45)ccc3c2)cc1. The summed E-state index contributed by atoms with van der Waals surface area (Å²) in [5, 5.41) is 13.7. The lowest BCUT2D eigenvalue weighted by Gasteiger charge is -2.27. The fraction of sp³-hybridized carbons (Fsp3) is 0.234. The third kappa shape index (κ3) is 6.83. The van der Waals surface area contributed by atoms with Gasteiger partial charge in [0.25, 0.3) is 0 Å². The van der Waals surface area contributed by atoms with Gasteiger partial charge >= 0.3 is 0 Å². The van der Waals surface area contributed by atoms with E-state index < -0.39 is 0 Å². The molecule has 1 heterocycles. The summed E-state index contributed by atoms with van der Waals surface area (Å²) in [4.78, 5) is 9.95. The van der Waals surface area contributed by atoms with Crippen molar-refractivity contribution in [2.45, 2.75) is 72.1 Å². The number of nitrogens with zero attached hydrogens (tertiary/aromatic N) is 2. The molecule has 6 aromatic carbocycles. The third-order valence-electron chi connectivity index (χ3n) is 9.77. The van der Waals surface area contributed by atoms with Crippen LogP contribution in [0, 0.1) is 0 Å². The minimum Gasteiger partial charge on any atom is -0.507 e. The first-order valence-corrected chi connectivity index (χ1v) is 17.8. The molecular weight excluding hydrogens is 625 g/mol. The van der Waals surface area contributed by atoms with Gasteiger partial charge in [-0.05, 0) is 91.7 Å². The van der Waals surface area contributed by atoms with Crippen LogP contribution in [0.25, 0.3) is 55.6 Å². The summed E-state index contributed by atoms with van der Waals surface area (Å²) in [7, 11) is 0. The molecule has 7 rings (SSSR count). The first kappa shape index (κ1) is 34.0. The molecule has 4 heteroatoms. The molecule has 0 unspecified atom stereocenters. The highest BCUT2D eigenvalue weighted by Gasteiger charge is 2.25. The number of fused-ring (bicyclic) bond motifs is 2. The van der Waals surface area contributed by atoms with Crippen molar-refractivity contribution in [1.29, 1.82) is 0 Å². The number of hydrogen-bond donors (Lipinski definition) is 1. The van der Waals surface area contributed by atoms with E-state index in [-0.39, 0.29) is 16.6 Å². The Balaban J connectivity index is 1.23. The van der Waals surface area contributed by atoms with E-state index in [1.54, 1.807) is 6.21 Å². The van der Waals surface area contributed by atoms with Gasteiger partial charge in [-0.2, -0.15) is 0 Å². The maximum atomic E-state index is 11.3. The molecule has 1 N–H and O–H groups in total. The molecule has 0 saturated carbocycles. The number of para-hydroxylation sites is 2. The topological polar surface area (TPSA) is 58.6 Å². The molecule has 4 nitrogen and oxygen atoms in total. The number of aromatic hydroxyl groups is 1. The predicted octanol–water partition coefficient (Wildman–Crippen LogP) is 13.2. The normalized spacial score (nSPS) is 12.5. The molecule has 0 aliphatic heterocycles. The second-order valence-electron chi connectivity index (χ2n) is 16.0. The van der Waals surface area contributed by atoms with E-state index in [0.29, 0.717) is 28.6 Å². The third-order valence-corrected chi connectivity index (χ3v) is 9.77. The van der Waals surface area contributed by atoms with Crippen LogP contribution < -0.4 is 0 Å². The molecule has 0 radical (unpaired) electrons. The molecule has 256 valence electrons. The number of benzene rings is 6. The molecule has 0 bridgehead atoms. The summed E-state index contributed by atoms with van der Waals surface area (Å²) < 4.78 is 6.40. The summed E-state index contributed by atoms with van der Waals surface area (Å²) in [6, 6.07) is 40.2. The minimum absolute atomic E-state index is 0.0852. The van der Waals surface area contributed by atoms with E-state index in [1.807, 2.05) is 42.5 Å². The van der Waals surface area contributed by atoms with Gasteiger partial charge in [0, 0.05) is 22.9 Å². The van der Waals surface area contributed by atoms with Gasteiger partial charge in [-0.15, -0.1) is 0 Å². The summed E-state index contributed by atoms with van der Waals surface area (Å²) >= 11 is 0. The molecule has 0 saturated heterocycles. The number of rotatable bonds is 6. The first-order valence-electron chi connectivity index (χ1n) is 17.8. The highest BCUT2D eigenvalue weighted by atomic mass is 16.3. The highest BCUT2D eigenvalue weighted by Crippen LogP contribution is 2.39. The van der Waals surface area contributed by atoms with E-state index in [1.165, 1.54) is 27.5 Å². The Morgan fingerprint density at radius 1 is 0.667 bits per heavy atom. The van der Waals surface area contributed by atoms with Gasteiger partial charge in [-0.3, -0.25) is 4.99 Å². The van der Waals surface area contributed by atoms with Crippen molar-refractivity contribution < 1.29 is 9.52 Å². The van der Waals surface area contributed by atoms with Crippen LogP contribution in [0.1, 0.15) is 83.6 Å². The number of aromatic nitrogens is 1. The van der Waals surface area contributed by atoms with Crippen LogP contribution >= 0.6 is 0 Å². The fourth-order valence-electron chi connectivity index (χ4n) is 6.62. The van der Waals surface area contributed by atoms with Crippen molar-refractivity contribution in [3.63, 3.8) is 0 Å². The monoisotopic (exact) mass is 670 g/mol. The Labute approximate surface area is 301 Å². The molecule has 0 fully saturated rings. The van der Waals surface area contributed by atoms with Gasteiger partial charge in [0.05, 0.1) is 11.3 Å². The van der Waals surface area contributed by atoms with Crippen molar-refractivity contribution in [3.05, 3.63) is 138 Å². The second-order valence-corrected chi connectivity index (χ2v) is 16.0. The van der Waals surface area contributed by atoms with Gasteiger partial charge in [0.1, 0.15) is 11.3 Å². The lowest BCUT2D eigenvalue weighted by molar-refractivity contribution is 0.444. The average Bonchev–Trinajstić information content (AvgIpc) is 3.54. The lowest BCUT2D eigenvalue weighted by Crippen LogP contribution is -2.17. The smallest absolute Gasteiger partial charge is 0.229 e. The number of aliphatic imine (C=N–C) groups is 1. The maximum Gasteiger partial charge on any atom is 0.229 e. The summed E-state index contributed by atoms with van der Waals surface area (Å²) in [5.74, 6) is 1.28. The maximum absolute atomic E-state index is 11.3. The Hall–Kier alpha value is -5.48. The largest absolute Gasteiger partial charge is 0.507 e. The molecule has 51 heavy (non-hydrogen) atoms. The van der Waals surface area contributed by atoms with Gasteiger partial charge in [-0.1, -0.05) is 134 Å². The standard InChI is InChI=1S/C47H46N2O2/c1-29(2)30-16-18-31(19-17-30)32-20-21-34-25-35(23-22-33(34)24-32)38-13-11-15-42-43(38)49-45(51-42)39-12-9-10-14-41(39)48-28-36-26-37(46(3,4)5)27-40(44(36)50)47(6,7)8/h9-29,50H,1-8H3. The Morgan fingerprint density at radius 3 is 2.00 bits per heavy atom. The van der Waals surface area contributed by atoms with Gasteiger partial charge < -0.3 is 9.52 Å². The van der Waals surface area contributed by atoms with E-state index in [9.17, 15) is 5.11 Å². The van der Waals surface area contributed by atoms with E-state index in [4.69, 9.17) is 14.4 Å². The van der Waals surface area contributed by atoms with E-state index in [2.05, 4.69) is 128 Å². The zero-order valence-corrected chi connectivity index (χ0v) is 30.9. The Bertz CT molecular complexity index is 2420. The summed E-state index contributed by atoms with van der Waals surface area (Å²) in [6.45, 7) is 17.4. The molecule has 0 atom stereocenters.